The molecule has 1 aromatic rings. The third kappa shape index (κ3) is 3.88. The second-order valence-corrected chi connectivity index (χ2v) is 6.94. The second kappa shape index (κ2) is 6.23. The Kier molecular flexibility index (Phi) is 4.77. The Morgan fingerprint density at radius 3 is 2.38 bits per heavy atom. The van der Waals surface area contributed by atoms with Crippen LogP contribution in [0.4, 0.5) is 18.9 Å². The largest absolute Gasteiger partial charge is 0.501 e. The Hall–Kier alpha value is -1.28. The van der Waals surface area contributed by atoms with E-state index in [1.807, 2.05) is 0 Å². The standard InChI is InChI=1S/C13H17F3N2O2S/c14-13(15,16)21(19,20)12-6-4-10(5-7-12)18-9-11-3-1-2-8-17-11/h4-7,11,17-18H,1-3,8-9H2. The number of sulfone groups is 1. The summed E-state index contributed by atoms with van der Waals surface area (Å²) in [5.41, 5.74) is -4.67. The van der Waals surface area contributed by atoms with Crippen LogP contribution in [0.2, 0.25) is 0 Å². The third-order valence-electron chi connectivity index (χ3n) is 3.43. The molecule has 2 N–H and O–H groups in total. The van der Waals surface area contributed by atoms with Gasteiger partial charge < -0.3 is 10.6 Å². The Balaban J connectivity index is 1.99. The van der Waals surface area contributed by atoms with Crippen LogP contribution in [0.1, 0.15) is 19.3 Å². The van der Waals surface area contributed by atoms with Gasteiger partial charge in [-0.05, 0) is 43.7 Å². The van der Waals surface area contributed by atoms with Crippen LogP contribution in [0, 0.1) is 0 Å². The Morgan fingerprint density at radius 2 is 1.86 bits per heavy atom. The van der Waals surface area contributed by atoms with Crippen molar-refractivity contribution in [1.29, 1.82) is 0 Å². The second-order valence-electron chi connectivity index (χ2n) is 5.00. The van der Waals surface area contributed by atoms with Crippen molar-refractivity contribution >= 4 is 15.5 Å². The lowest BCUT2D eigenvalue weighted by Crippen LogP contribution is -2.39. The van der Waals surface area contributed by atoms with Gasteiger partial charge in [-0.25, -0.2) is 8.42 Å². The molecule has 0 bridgehead atoms. The van der Waals surface area contributed by atoms with Crippen LogP contribution < -0.4 is 10.6 Å². The number of nitrogens with one attached hydrogen (secondary N) is 2. The summed E-state index contributed by atoms with van der Waals surface area (Å²) in [5.74, 6) is 0. The maximum atomic E-state index is 12.4. The zero-order chi connectivity index (χ0) is 15.5. The summed E-state index contributed by atoms with van der Waals surface area (Å²) in [6.07, 6.45) is 3.36. The Labute approximate surface area is 121 Å². The maximum Gasteiger partial charge on any atom is 0.501 e. The van der Waals surface area contributed by atoms with Gasteiger partial charge >= 0.3 is 5.51 Å². The normalized spacial score (nSPS) is 20.2. The van der Waals surface area contributed by atoms with E-state index in [1.54, 1.807) is 0 Å². The van der Waals surface area contributed by atoms with Gasteiger partial charge in [-0.1, -0.05) is 6.42 Å². The molecule has 1 unspecified atom stereocenters. The molecule has 4 nitrogen and oxygen atoms in total. The van der Waals surface area contributed by atoms with Crippen LogP contribution >= 0.6 is 0 Å². The number of halogens is 3. The van der Waals surface area contributed by atoms with E-state index in [2.05, 4.69) is 10.6 Å². The van der Waals surface area contributed by atoms with Crippen molar-refractivity contribution in [3.05, 3.63) is 24.3 Å². The minimum Gasteiger partial charge on any atom is -0.383 e. The van der Waals surface area contributed by atoms with Crippen molar-refractivity contribution in [2.24, 2.45) is 0 Å². The summed E-state index contributed by atoms with van der Waals surface area (Å²) in [6.45, 7) is 1.63. The van der Waals surface area contributed by atoms with Gasteiger partial charge in [-0.3, -0.25) is 0 Å². The molecule has 1 atom stereocenters. The van der Waals surface area contributed by atoms with E-state index in [-0.39, 0.29) is 0 Å². The zero-order valence-electron chi connectivity index (χ0n) is 11.3. The van der Waals surface area contributed by atoms with Crippen molar-refractivity contribution in [2.45, 2.75) is 35.7 Å². The van der Waals surface area contributed by atoms with Crippen molar-refractivity contribution in [3.8, 4) is 0 Å². The lowest BCUT2D eigenvalue weighted by molar-refractivity contribution is -0.0436. The number of anilines is 1. The number of hydrogen-bond donors (Lipinski definition) is 2. The summed E-state index contributed by atoms with van der Waals surface area (Å²) in [4.78, 5) is -0.739. The van der Waals surface area contributed by atoms with Crippen LogP contribution in [0.3, 0.4) is 0 Å². The average molecular weight is 322 g/mol. The van der Waals surface area contributed by atoms with E-state index in [9.17, 15) is 21.6 Å². The number of benzene rings is 1. The lowest BCUT2D eigenvalue weighted by Gasteiger charge is -2.24. The molecule has 0 spiro atoms. The molecule has 0 radical (unpaired) electrons. The highest BCUT2D eigenvalue weighted by molar-refractivity contribution is 7.92. The van der Waals surface area contributed by atoms with Crippen molar-refractivity contribution in [3.63, 3.8) is 0 Å². The van der Waals surface area contributed by atoms with Crippen LogP contribution in [0.25, 0.3) is 0 Å². The van der Waals surface area contributed by atoms with Gasteiger partial charge in [0.05, 0.1) is 4.90 Å². The highest BCUT2D eigenvalue weighted by Gasteiger charge is 2.46. The molecule has 0 amide bonds. The summed E-state index contributed by atoms with van der Waals surface area (Å²) < 4.78 is 59.6. The number of piperidine rings is 1. The quantitative estimate of drug-likeness (QED) is 0.894. The molecule has 21 heavy (non-hydrogen) atoms. The minimum absolute atomic E-state index is 0.331. The first kappa shape index (κ1) is 16.1. The molecular weight excluding hydrogens is 305 g/mol. The van der Waals surface area contributed by atoms with Crippen LogP contribution in [0.5, 0.6) is 0 Å². The maximum absolute atomic E-state index is 12.4. The average Bonchev–Trinajstić information content (AvgIpc) is 2.45. The van der Waals surface area contributed by atoms with Gasteiger partial charge in [0.2, 0.25) is 0 Å². The predicted molar refractivity (Wildman–Crippen MR) is 73.8 cm³/mol. The fourth-order valence-corrected chi connectivity index (χ4v) is 2.99. The van der Waals surface area contributed by atoms with Crippen molar-refractivity contribution in [2.75, 3.05) is 18.4 Å². The topological polar surface area (TPSA) is 58.2 Å². The fourth-order valence-electron chi connectivity index (χ4n) is 2.22. The van der Waals surface area contributed by atoms with E-state index in [0.717, 1.165) is 37.9 Å². The first-order valence-corrected chi connectivity index (χ1v) is 8.18. The van der Waals surface area contributed by atoms with E-state index in [1.165, 1.54) is 12.1 Å². The lowest BCUT2D eigenvalue weighted by atomic mass is 10.1. The number of hydrogen-bond acceptors (Lipinski definition) is 4. The van der Waals surface area contributed by atoms with Crippen LogP contribution in [-0.2, 0) is 9.84 Å². The molecule has 118 valence electrons. The van der Waals surface area contributed by atoms with Crippen LogP contribution in [-0.4, -0.2) is 33.1 Å². The van der Waals surface area contributed by atoms with Gasteiger partial charge in [0.15, 0.2) is 0 Å². The minimum atomic E-state index is -5.27. The van der Waals surface area contributed by atoms with Crippen molar-refractivity contribution in [1.82, 2.24) is 5.32 Å². The molecule has 1 fully saturated rings. The molecule has 1 aromatic carbocycles. The number of alkyl halides is 3. The summed E-state index contributed by atoms with van der Waals surface area (Å²) in [7, 11) is -5.27. The molecule has 1 heterocycles. The molecular formula is C13H17F3N2O2S. The van der Waals surface area contributed by atoms with Crippen molar-refractivity contribution < 1.29 is 21.6 Å². The third-order valence-corrected chi connectivity index (χ3v) is 4.94. The molecule has 0 aromatic heterocycles. The van der Waals surface area contributed by atoms with Gasteiger partial charge in [0.25, 0.3) is 9.84 Å². The zero-order valence-corrected chi connectivity index (χ0v) is 12.1. The van der Waals surface area contributed by atoms with E-state index < -0.39 is 20.2 Å². The summed E-state index contributed by atoms with van der Waals surface area (Å²) >= 11 is 0. The van der Waals surface area contributed by atoms with Gasteiger partial charge in [-0.2, -0.15) is 13.2 Å². The smallest absolute Gasteiger partial charge is 0.383 e. The Morgan fingerprint density at radius 1 is 1.19 bits per heavy atom. The first-order valence-electron chi connectivity index (χ1n) is 6.69. The van der Waals surface area contributed by atoms with Gasteiger partial charge in [0, 0.05) is 18.3 Å². The molecule has 0 aliphatic carbocycles. The first-order chi connectivity index (χ1) is 9.80. The highest BCUT2D eigenvalue weighted by atomic mass is 32.2. The summed E-state index contributed by atoms with van der Waals surface area (Å²) in [5, 5.41) is 6.43. The molecule has 0 saturated carbocycles. The molecule has 1 aliphatic heterocycles. The summed E-state index contributed by atoms with van der Waals surface area (Å²) in [6, 6.07) is 4.97. The van der Waals surface area contributed by atoms with E-state index in [4.69, 9.17) is 0 Å². The molecule has 2 rings (SSSR count). The molecule has 8 heteroatoms. The molecule has 1 aliphatic rings. The highest BCUT2D eigenvalue weighted by Crippen LogP contribution is 2.30. The predicted octanol–water partition coefficient (Wildman–Crippen LogP) is 2.53. The van der Waals surface area contributed by atoms with Gasteiger partial charge in [0.1, 0.15) is 0 Å². The number of rotatable bonds is 4. The Bertz CT molecular complexity index is 564. The molecule has 1 saturated heterocycles. The van der Waals surface area contributed by atoms with Gasteiger partial charge in [-0.15, -0.1) is 0 Å². The van der Waals surface area contributed by atoms with E-state index in [0.29, 0.717) is 18.3 Å². The fraction of sp³-hybridized carbons (Fsp3) is 0.538. The van der Waals surface area contributed by atoms with E-state index >= 15 is 0 Å². The van der Waals surface area contributed by atoms with Crippen LogP contribution in [0.15, 0.2) is 29.2 Å². The SMILES string of the molecule is O=S(=O)(c1ccc(NCC2CCCCN2)cc1)C(F)(F)F. The monoisotopic (exact) mass is 322 g/mol.